The van der Waals surface area contributed by atoms with Crippen LogP contribution in [0.3, 0.4) is 0 Å². The standard InChI is InChI=1S/C10H15.CH3O.2ClH.Ti/c1-7-6-10(4,5)9(3)8(7)2;1-2;;;/h1-5H3;1H3;2*1H;/q;-1;;;+3/p-2. The van der Waals surface area contributed by atoms with Crippen molar-refractivity contribution in [2.24, 2.45) is 5.41 Å². The van der Waals surface area contributed by atoms with Gasteiger partial charge in [0, 0.05) is 0 Å². The van der Waals surface area contributed by atoms with Crippen LogP contribution in [0, 0.1) is 5.41 Å². The topological polar surface area (TPSA) is 9.23 Å². The van der Waals surface area contributed by atoms with E-state index < -0.39 is 0 Å². The number of allylic oxidation sites excluding steroid dienone is 4. The number of hydrogen-bond acceptors (Lipinski definition) is 1. The monoisotopic (exact) mass is 284 g/mol. The molecule has 0 fully saturated rings. The van der Waals surface area contributed by atoms with Gasteiger partial charge >= 0.3 is 90.6 Å². The summed E-state index contributed by atoms with van der Waals surface area (Å²) >= 11 is -0.355. The van der Waals surface area contributed by atoms with Crippen LogP contribution < -0.4 is 24.8 Å². The average Bonchev–Trinajstić information content (AvgIpc) is 2.20. The van der Waals surface area contributed by atoms with Gasteiger partial charge in [0.2, 0.25) is 0 Å². The van der Waals surface area contributed by atoms with Crippen LogP contribution in [-0.4, -0.2) is 7.11 Å². The van der Waals surface area contributed by atoms with Gasteiger partial charge in [0.1, 0.15) is 0 Å². The van der Waals surface area contributed by atoms with Crippen molar-refractivity contribution in [3.05, 3.63) is 20.6 Å². The molecule has 0 saturated carbocycles. The molecule has 0 aliphatic heterocycles. The number of halogens is 2. The molecule has 1 rings (SSSR count). The maximum atomic E-state index is 5.37. The maximum absolute atomic E-state index is 5.37. The van der Waals surface area contributed by atoms with Crippen LogP contribution in [0.15, 0.2) is 20.6 Å². The summed E-state index contributed by atoms with van der Waals surface area (Å²) in [6.07, 6.45) is 0. The van der Waals surface area contributed by atoms with Gasteiger partial charge in [-0.2, -0.15) is 0 Å². The van der Waals surface area contributed by atoms with Gasteiger partial charge in [-0.25, -0.2) is 0 Å². The predicted molar refractivity (Wildman–Crippen MR) is 51.9 cm³/mol. The molecule has 4 heteroatoms. The van der Waals surface area contributed by atoms with E-state index >= 15 is 0 Å². The Kier molecular flexibility index (Phi) is 7.80. The summed E-state index contributed by atoms with van der Waals surface area (Å²) in [5, 5.41) is 0. The third-order valence-corrected chi connectivity index (χ3v) is 5.47. The molecule has 1 aliphatic rings. The molecule has 0 atom stereocenters. The first-order valence-electron chi connectivity index (χ1n) is 4.61. The van der Waals surface area contributed by atoms with E-state index in [-0.39, 0.29) is 49.8 Å². The van der Waals surface area contributed by atoms with Crippen LogP contribution in [0.1, 0.15) is 34.6 Å². The molecular weight excluding hydrogens is 267 g/mol. The predicted octanol–water partition coefficient (Wildman–Crippen LogP) is -2.71. The Morgan fingerprint density at radius 3 is 1.73 bits per heavy atom. The molecule has 0 N–H and O–H groups in total. The zero-order chi connectivity index (χ0) is 10.2. The fourth-order valence-electron chi connectivity index (χ4n) is 1.90. The third kappa shape index (κ3) is 3.11. The molecule has 15 heavy (non-hydrogen) atoms. The molecule has 0 heterocycles. The molecule has 0 aromatic carbocycles. The van der Waals surface area contributed by atoms with E-state index in [0.29, 0.717) is 0 Å². The van der Waals surface area contributed by atoms with E-state index in [4.69, 9.17) is 3.32 Å². The second-order valence-electron chi connectivity index (χ2n) is 4.18. The first kappa shape index (κ1) is 18.1. The van der Waals surface area contributed by atoms with E-state index in [1.165, 1.54) is 16.7 Å². The molecule has 86 valence electrons. The van der Waals surface area contributed by atoms with Crippen molar-refractivity contribution in [3.63, 3.8) is 0 Å². The van der Waals surface area contributed by atoms with Gasteiger partial charge in [-0.3, -0.25) is 0 Å². The molecule has 1 aliphatic carbocycles. The molecule has 0 aromatic heterocycles. The van der Waals surface area contributed by atoms with Gasteiger partial charge in [0.05, 0.1) is 0 Å². The van der Waals surface area contributed by atoms with Crippen LogP contribution in [0.2, 0.25) is 0 Å². The molecule has 0 spiro atoms. The summed E-state index contributed by atoms with van der Waals surface area (Å²) in [5.74, 6) is 0. The summed E-state index contributed by atoms with van der Waals surface area (Å²) in [6.45, 7) is 11.3. The van der Waals surface area contributed by atoms with Crippen molar-refractivity contribution in [1.29, 1.82) is 0 Å². The Bertz CT molecular complexity index is 293. The van der Waals surface area contributed by atoms with Crippen molar-refractivity contribution in [2.45, 2.75) is 34.6 Å². The van der Waals surface area contributed by atoms with Crippen molar-refractivity contribution in [3.8, 4) is 0 Å². The summed E-state index contributed by atoms with van der Waals surface area (Å²) in [7, 11) is 1.82. The zero-order valence-electron chi connectivity index (χ0n) is 10.2. The maximum Gasteiger partial charge on any atom is -1.00 e. The summed E-state index contributed by atoms with van der Waals surface area (Å²) < 4.78 is 6.93. The van der Waals surface area contributed by atoms with Crippen LogP contribution in [-0.2, 0) is 22.9 Å². The smallest absolute Gasteiger partial charge is 1.00 e. The van der Waals surface area contributed by atoms with Gasteiger partial charge in [0.25, 0.3) is 0 Å². The van der Waals surface area contributed by atoms with Crippen molar-refractivity contribution < 1.29 is 47.7 Å². The molecule has 0 amide bonds. The van der Waals surface area contributed by atoms with Gasteiger partial charge in [-0.05, 0) is 0 Å². The van der Waals surface area contributed by atoms with E-state index in [0.717, 1.165) is 0 Å². The van der Waals surface area contributed by atoms with Crippen molar-refractivity contribution in [2.75, 3.05) is 7.11 Å². The van der Waals surface area contributed by atoms with E-state index in [1.54, 1.807) is 3.88 Å². The molecule has 0 saturated heterocycles. The minimum Gasteiger partial charge on any atom is -1.00 e. The molecule has 0 bridgehead atoms. The fourth-order valence-corrected chi connectivity index (χ4v) is 3.44. The van der Waals surface area contributed by atoms with Crippen LogP contribution in [0.4, 0.5) is 0 Å². The summed E-state index contributed by atoms with van der Waals surface area (Å²) in [4.78, 5) is 0. The van der Waals surface area contributed by atoms with Crippen LogP contribution >= 0.6 is 0 Å². The van der Waals surface area contributed by atoms with Gasteiger partial charge in [-0.15, -0.1) is 0 Å². The van der Waals surface area contributed by atoms with Crippen molar-refractivity contribution in [1.82, 2.24) is 0 Å². The SMILES string of the molecule is C[O][Ti+2][C]1=C(C)C(C)=C(C)C1(C)C.[Cl-].[Cl-]. The molecular formula is C11H18Cl2OTi. The zero-order valence-corrected chi connectivity index (χ0v) is 13.2. The van der Waals surface area contributed by atoms with Crippen LogP contribution in [0.5, 0.6) is 0 Å². The first-order valence-corrected chi connectivity index (χ1v) is 6.03. The molecule has 0 aromatic rings. The quantitative estimate of drug-likeness (QED) is 0.501. The second-order valence-corrected chi connectivity index (χ2v) is 5.92. The van der Waals surface area contributed by atoms with Crippen molar-refractivity contribution >= 4 is 0 Å². The normalized spacial score (nSPS) is 18.3. The molecule has 1 nitrogen and oxygen atoms in total. The minimum atomic E-state index is -0.355. The van der Waals surface area contributed by atoms with Gasteiger partial charge in [-0.1, -0.05) is 0 Å². The summed E-state index contributed by atoms with van der Waals surface area (Å²) in [6, 6.07) is 0. The van der Waals surface area contributed by atoms with Crippen LogP contribution in [0.25, 0.3) is 0 Å². The summed E-state index contributed by atoms with van der Waals surface area (Å²) in [5.41, 5.74) is 4.72. The number of rotatable bonds is 2. The van der Waals surface area contributed by atoms with E-state index in [1.807, 2.05) is 7.11 Å². The van der Waals surface area contributed by atoms with E-state index in [2.05, 4.69) is 34.6 Å². The number of hydrogen-bond donors (Lipinski definition) is 0. The first-order chi connectivity index (χ1) is 5.92. The second kappa shape index (κ2) is 6.46. The minimum absolute atomic E-state index is 0. The Hall–Kier alpha value is 0.734. The Morgan fingerprint density at radius 2 is 1.47 bits per heavy atom. The average molecular weight is 285 g/mol. The molecule has 0 unspecified atom stereocenters. The third-order valence-electron chi connectivity index (χ3n) is 3.27. The van der Waals surface area contributed by atoms with E-state index in [9.17, 15) is 0 Å². The Labute approximate surface area is 115 Å². The Morgan fingerprint density at radius 1 is 1.00 bits per heavy atom. The molecule has 0 radical (unpaired) electrons. The van der Waals surface area contributed by atoms with Gasteiger partial charge in [0.15, 0.2) is 0 Å². The largest absolute Gasteiger partial charge is 1.00 e. The van der Waals surface area contributed by atoms with Gasteiger partial charge < -0.3 is 24.8 Å². The fraction of sp³-hybridized carbons (Fsp3) is 0.636. The Balaban J connectivity index is 0.